The molecule has 1 atom stereocenters. The smallest absolute Gasteiger partial charge is 0.242 e. The average Bonchev–Trinajstić information content (AvgIpc) is 2.24. The Labute approximate surface area is 94.8 Å². The van der Waals surface area contributed by atoms with E-state index in [0.717, 1.165) is 25.8 Å². The first-order valence-corrected chi connectivity index (χ1v) is 5.30. The lowest BCUT2D eigenvalue weighted by molar-refractivity contribution is -0.114. The molecular formula is C11H17N3O2. The first kappa shape index (κ1) is 12.3. The van der Waals surface area contributed by atoms with Crippen molar-refractivity contribution in [1.29, 1.82) is 0 Å². The standard InChI is InChI=1S/C11H17N3O2/c12-10(15)5-4-9-3-1-2-7-14(9)8-6-11(13)16/h4-6,8-9H,1-3,7H2,(H2,12,15)(H2,13,16). The minimum absolute atomic E-state index is 0.122. The molecule has 4 N–H and O–H groups in total. The molecule has 1 heterocycles. The molecule has 1 saturated heterocycles. The lowest BCUT2D eigenvalue weighted by atomic mass is 10.0. The largest absolute Gasteiger partial charge is 0.371 e. The van der Waals surface area contributed by atoms with Crippen LogP contribution in [-0.4, -0.2) is 29.3 Å². The highest BCUT2D eigenvalue weighted by atomic mass is 16.1. The van der Waals surface area contributed by atoms with Gasteiger partial charge in [0.25, 0.3) is 0 Å². The fourth-order valence-electron chi connectivity index (χ4n) is 1.75. The SMILES string of the molecule is NC(=O)C=CC1CCCCN1C=CC(N)=O. The van der Waals surface area contributed by atoms with Gasteiger partial charge in [0.1, 0.15) is 0 Å². The minimum atomic E-state index is -0.469. The summed E-state index contributed by atoms with van der Waals surface area (Å²) in [5.74, 6) is -0.924. The van der Waals surface area contributed by atoms with Crippen molar-refractivity contribution in [3.05, 3.63) is 24.4 Å². The fourth-order valence-corrected chi connectivity index (χ4v) is 1.75. The second-order valence-electron chi connectivity index (χ2n) is 3.78. The number of nitrogens with zero attached hydrogens (tertiary/aromatic N) is 1. The van der Waals surface area contributed by atoms with Gasteiger partial charge in [-0.15, -0.1) is 0 Å². The van der Waals surface area contributed by atoms with Gasteiger partial charge in [-0.05, 0) is 19.3 Å². The van der Waals surface area contributed by atoms with Crippen LogP contribution < -0.4 is 11.5 Å². The normalized spacial score (nSPS) is 21.8. The number of amides is 2. The van der Waals surface area contributed by atoms with E-state index in [-0.39, 0.29) is 6.04 Å². The maximum atomic E-state index is 10.6. The molecule has 1 rings (SSSR count). The van der Waals surface area contributed by atoms with Crippen molar-refractivity contribution in [3.63, 3.8) is 0 Å². The monoisotopic (exact) mass is 223 g/mol. The van der Waals surface area contributed by atoms with Gasteiger partial charge in [0.05, 0.1) is 0 Å². The van der Waals surface area contributed by atoms with Crippen LogP contribution in [0.4, 0.5) is 0 Å². The predicted molar refractivity (Wildman–Crippen MR) is 61.0 cm³/mol. The zero-order valence-electron chi connectivity index (χ0n) is 9.13. The molecule has 0 aromatic heterocycles. The highest BCUT2D eigenvalue weighted by Gasteiger charge is 2.16. The van der Waals surface area contributed by atoms with Crippen molar-refractivity contribution in [2.45, 2.75) is 25.3 Å². The molecule has 0 aromatic rings. The molecule has 0 bridgehead atoms. The van der Waals surface area contributed by atoms with Crippen LogP contribution in [0.1, 0.15) is 19.3 Å². The Balaban J connectivity index is 2.63. The summed E-state index contributed by atoms with van der Waals surface area (Å²) < 4.78 is 0. The topological polar surface area (TPSA) is 89.4 Å². The van der Waals surface area contributed by atoms with E-state index >= 15 is 0 Å². The molecule has 0 saturated carbocycles. The van der Waals surface area contributed by atoms with Crippen LogP contribution in [0.5, 0.6) is 0 Å². The molecule has 1 aliphatic rings. The Morgan fingerprint density at radius 2 is 1.81 bits per heavy atom. The zero-order chi connectivity index (χ0) is 12.0. The van der Waals surface area contributed by atoms with E-state index in [0.29, 0.717) is 0 Å². The third-order valence-electron chi connectivity index (χ3n) is 2.51. The van der Waals surface area contributed by atoms with Gasteiger partial charge in [-0.2, -0.15) is 0 Å². The molecule has 88 valence electrons. The van der Waals surface area contributed by atoms with Gasteiger partial charge in [-0.25, -0.2) is 0 Å². The number of nitrogens with two attached hydrogens (primary N) is 2. The van der Waals surface area contributed by atoms with Crippen molar-refractivity contribution in [2.24, 2.45) is 11.5 Å². The van der Waals surface area contributed by atoms with E-state index < -0.39 is 11.8 Å². The Morgan fingerprint density at radius 3 is 2.44 bits per heavy atom. The van der Waals surface area contributed by atoms with Gasteiger partial charge in [0, 0.05) is 30.9 Å². The van der Waals surface area contributed by atoms with Gasteiger partial charge in [0.15, 0.2) is 0 Å². The number of piperidine rings is 1. The average molecular weight is 223 g/mol. The van der Waals surface area contributed by atoms with E-state index in [1.165, 1.54) is 12.2 Å². The van der Waals surface area contributed by atoms with E-state index in [1.807, 2.05) is 4.90 Å². The Hall–Kier alpha value is -1.78. The Kier molecular flexibility index (Phi) is 4.57. The number of hydrogen-bond acceptors (Lipinski definition) is 3. The number of primary amides is 2. The van der Waals surface area contributed by atoms with Crippen LogP contribution in [0.3, 0.4) is 0 Å². The number of likely N-dealkylation sites (tertiary alicyclic amines) is 1. The summed E-state index contributed by atoms with van der Waals surface area (Å²) in [5, 5.41) is 0. The Bertz CT molecular complexity index is 291. The third kappa shape index (κ3) is 4.16. The second-order valence-corrected chi connectivity index (χ2v) is 3.78. The van der Waals surface area contributed by atoms with Crippen LogP contribution >= 0.6 is 0 Å². The van der Waals surface area contributed by atoms with E-state index in [1.54, 1.807) is 12.3 Å². The summed E-state index contributed by atoms with van der Waals surface area (Å²) in [7, 11) is 0. The quantitative estimate of drug-likeness (QED) is 0.651. The summed E-state index contributed by atoms with van der Waals surface area (Å²) in [6.45, 7) is 0.859. The number of hydrogen-bond donors (Lipinski definition) is 2. The van der Waals surface area contributed by atoms with Crippen molar-refractivity contribution in [1.82, 2.24) is 4.90 Å². The van der Waals surface area contributed by atoms with Gasteiger partial charge >= 0.3 is 0 Å². The highest BCUT2D eigenvalue weighted by molar-refractivity contribution is 5.86. The van der Waals surface area contributed by atoms with Crippen molar-refractivity contribution in [2.75, 3.05) is 6.54 Å². The second kappa shape index (κ2) is 5.95. The molecule has 5 nitrogen and oxygen atoms in total. The van der Waals surface area contributed by atoms with Gasteiger partial charge in [0.2, 0.25) is 11.8 Å². The zero-order valence-corrected chi connectivity index (χ0v) is 9.13. The van der Waals surface area contributed by atoms with Crippen molar-refractivity contribution >= 4 is 11.8 Å². The third-order valence-corrected chi connectivity index (χ3v) is 2.51. The first-order chi connectivity index (χ1) is 7.59. The summed E-state index contributed by atoms with van der Waals surface area (Å²) in [4.78, 5) is 23.3. The molecule has 0 aromatic carbocycles. The lowest BCUT2D eigenvalue weighted by Gasteiger charge is -2.32. The fraction of sp³-hybridized carbons (Fsp3) is 0.455. The number of rotatable bonds is 4. The molecule has 2 amide bonds. The summed E-state index contributed by atoms with van der Waals surface area (Å²) in [6, 6.07) is 0.122. The minimum Gasteiger partial charge on any atom is -0.371 e. The predicted octanol–water partition coefficient (Wildman–Crippen LogP) is -0.119. The van der Waals surface area contributed by atoms with Gasteiger partial charge in [-0.1, -0.05) is 6.08 Å². The Morgan fingerprint density at radius 1 is 1.12 bits per heavy atom. The number of carbonyl (C=O) groups excluding carboxylic acids is 2. The maximum Gasteiger partial charge on any atom is 0.242 e. The molecule has 1 aliphatic heterocycles. The van der Waals surface area contributed by atoms with Gasteiger partial charge in [-0.3, -0.25) is 9.59 Å². The summed E-state index contributed by atoms with van der Waals surface area (Å²) >= 11 is 0. The molecule has 0 spiro atoms. The van der Waals surface area contributed by atoms with Crippen molar-refractivity contribution < 1.29 is 9.59 Å². The van der Waals surface area contributed by atoms with Crippen molar-refractivity contribution in [3.8, 4) is 0 Å². The first-order valence-electron chi connectivity index (χ1n) is 5.30. The van der Waals surface area contributed by atoms with E-state index in [2.05, 4.69) is 0 Å². The van der Waals surface area contributed by atoms with Crippen LogP contribution in [-0.2, 0) is 9.59 Å². The molecule has 0 aliphatic carbocycles. The lowest BCUT2D eigenvalue weighted by Crippen LogP contribution is -2.34. The molecule has 0 radical (unpaired) electrons. The highest BCUT2D eigenvalue weighted by Crippen LogP contribution is 2.18. The van der Waals surface area contributed by atoms with Crippen LogP contribution in [0.2, 0.25) is 0 Å². The molecule has 1 fully saturated rings. The van der Waals surface area contributed by atoms with E-state index in [9.17, 15) is 9.59 Å². The maximum absolute atomic E-state index is 10.6. The van der Waals surface area contributed by atoms with Crippen LogP contribution in [0, 0.1) is 0 Å². The van der Waals surface area contributed by atoms with Crippen LogP contribution in [0.15, 0.2) is 24.4 Å². The molecule has 5 heteroatoms. The summed E-state index contributed by atoms with van der Waals surface area (Å²) in [5.41, 5.74) is 10.1. The molecule has 1 unspecified atom stereocenters. The molecule has 16 heavy (non-hydrogen) atoms. The van der Waals surface area contributed by atoms with Crippen LogP contribution in [0.25, 0.3) is 0 Å². The number of carbonyl (C=O) groups is 2. The van der Waals surface area contributed by atoms with E-state index in [4.69, 9.17) is 11.5 Å². The molecular weight excluding hydrogens is 206 g/mol. The summed E-state index contributed by atoms with van der Waals surface area (Å²) in [6.07, 6.45) is 9.27. The van der Waals surface area contributed by atoms with Gasteiger partial charge < -0.3 is 16.4 Å².